The van der Waals surface area contributed by atoms with E-state index in [1.165, 1.54) is 6.07 Å². The van der Waals surface area contributed by atoms with Crippen molar-refractivity contribution in [3.63, 3.8) is 0 Å². The van der Waals surface area contributed by atoms with Crippen LogP contribution in [0, 0.1) is 5.82 Å². The summed E-state index contributed by atoms with van der Waals surface area (Å²) in [6.45, 7) is 7.05. The van der Waals surface area contributed by atoms with E-state index in [0.717, 1.165) is 12.0 Å². The third-order valence-corrected chi connectivity index (χ3v) is 3.57. The van der Waals surface area contributed by atoms with E-state index in [-0.39, 0.29) is 23.5 Å². The van der Waals surface area contributed by atoms with Crippen molar-refractivity contribution in [3.05, 3.63) is 35.6 Å². The lowest BCUT2D eigenvalue weighted by molar-refractivity contribution is -0.0562. The van der Waals surface area contributed by atoms with Crippen LogP contribution in [0.3, 0.4) is 0 Å². The Kier molecular flexibility index (Phi) is 3.50. The number of rotatable bonds is 2. The second-order valence-corrected chi connectivity index (χ2v) is 5.13. The van der Waals surface area contributed by atoms with Crippen molar-refractivity contribution in [3.8, 4) is 0 Å². The van der Waals surface area contributed by atoms with Crippen LogP contribution in [-0.2, 0) is 4.74 Å². The summed E-state index contributed by atoms with van der Waals surface area (Å²) in [5.74, 6) is -0.206. The summed E-state index contributed by atoms with van der Waals surface area (Å²) >= 11 is 0. The van der Waals surface area contributed by atoms with E-state index in [4.69, 9.17) is 4.74 Å². The van der Waals surface area contributed by atoms with Gasteiger partial charge in [0.1, 0.15) is 5.82 Å². The van der Waals surface area contributed by atoms with Crippen molar-refractivity contribution in [1.29, 1.82) is 0 Å². The maximum Gasteiger partial charge on any atom is 0.123 e. The summed E-state index contributed by atoms with van der Waals surface area (Å²) in [5.41, 5.74) is 0.937. The number of hydrogen-bond donors (Lipinski definition) is 1. The van der Waals surface area contributed by atoms with Gasteiger partial charge in [-0.05, 0) is 38.0 Å². The molecule has 94 valence electrons. The highest BCUT2D eigenvalue weighted by Crippen LogP contribution is 2.29. The van der Waals surface area contributed by atoms with Gasteiger partial charge in [0.05, 0.1) is 12.7 Å². The molecule has 0 aliphatic carbocycles. The monoisotopic (exact) mass is 237 g/mol. The van der Waals surface area contributed by atoms with Gasteiger partial charge in [-0.25, -0.2) is 4.39 Å². The van der Waals surface area contributed by atoms with Crippen LogP contribution in [0.15, 0.2) is 24.3 Å². The van der Waals surface area contributed by atoms with Crippen LogP contribution in [0.1, 0.15) is 38.9 Å². The average Bonchev–Trinajstić information content (AvgIpc) is 2.29. The van der Waals surface area contributed by atoms with Crippen molar-refractivity contribution in [2.24, 2.45) is 0 Å². The first-order valence-electron chi connectivity index (χ1n) is 6.19. The zero-order valence-electron chi connectivity index (χ0n) is 10.7. The van der Waals surface area contributed by atoms with Crippen LogP contribution in [0.2, 0.25) is 0 Å². The van der Waals surface area contributed by atoms with Crippen LogP contribution in [0.25, 0.3) is 0 Å². The molecule has 1 aliphatic heterocycles. The van der Waals surface area contributed by atoms with Gasteiger partial charge < -0.3 is 10.1 Å². The molecule has 1 saturated heterocycles. The Hall–Kier alpha value is -0.930. The minimum absolute atomic E-state index is 0.0310. The van der Waals surface area contributed by atoms with Crippen LogP contribution < -0.4 is 5.32 Å². The minimum atomic E-state index is -0.206. The van der Waals surface area contributed by atoms with Crippen molar-refractivity contribution in [1.82, 2.24) is 5.32 Å². The molecule has 0 bridgehead atoms. The standard InChI is InChI=1S/C14H20FNO/c1-4-14(3)9-17-13(10(2)16-14)11-6-5-7-12(15)8-11/h5-8,10,13,16H,4,9H2,1-3H3. The summed E-state index contributed by atoms with van der Waals surface area (Å²) in [6, 6.07) is 6.85. The second kappa shape index (κ2) is 4.75. The summed E-state index contributed by atoms with van der Waals surface area (Å²) < 4.78 is 19.1. The number of nitrogens with one attached hydrogen (secondary N) is 1. The lowest BCUT2D eigenvalue weighted by atomic mass is 9.92. The number of ether oxygens (including phenoxy) is 1. The van der Waals surface area contributed by atoms with Gasteiger partial charge in [0, 0.05) is 11.6 Å². The zero-order chi connectivity index (χ0) is 12.5. The van der Waals surface area contributed by atoms with Gasteiger partial charge in [0.15, 0.2) is 0 Å². The Balaban J connectivity index is 2.15. The highest BCUT2D eigenvalue weighted by Gasteiger charge is 2.35. The highest BCUT2D eigenvalue weighted by atomic mass is 19.1. The highest BCUT2D eigenvalue weighted by molar-refractivity contribution is 5.21. The Morgan fingerprint density at radius 1 is 1.53 bits per heavy atom. The molecule has 0 amide bonds. The molecule has 3 atom stereocenters. The van der Waals surface area contributed by atoms with Gasteiger partial charge in [0.2, 0.25) is 0 Å². The normalized spacial score (nSPS) is 33.6. The van der Waals surface area contributed by atoms with E-state index in [1.54, 1.807) is 12.1 Å². The number of halogens is 1. The van der Waals surface area contributed by atoms with Crippen LogP contribution in [-0.4, -0.2) is 18.2 Å². The smallest absolute Gasteiger partial charge is 0.123 e. The van der Waals surface area contributed by atoms with E-state index in [2.05, 4.69) is 26.1 Å². The Bertz CT molecular complexity index is 396. The quantitative estimate of drug-likeness (QED) is 0.853. The minimum Gasteiger partial charge on any atom is -0.370 e. The van der Waals surface area contributed by atoms with Gasteiger partial charge >= 0.3 is 0 Å². The molecule has 2 nitrogen and oxygen atoms in total. The SMILES string of the molecule is CCC1(C)COC(c2cccc(F)c2)C(C)N1. The fourth-order valence-electron chi connectivity index (χ4n) is 2.36. The van der Waals surface area contributed by atoms with Crippen LogP contribution in [0.4, 0.5) is 4.39 Å². The average molecular weight is 237 g/mol. The fourth-order valence-corrected chi connectivity index (χ4v) is 2.36. The van der Waals surface area contributed by atoms with Crippen molar-refractivity contribution >= 4 is 0 Å². The van der Waals surface area contributed by atoms with Gasteiger partial charge in [-0.2, -0.15) is 0 Å². The molecule has 1 aliphatic rings. The Labute approximate surface area is 102 Å². The molecule has 1 N–H and O–H groups in total. The number of morpholine rings is 1. The zero-order valence-corrected chi connectivity index (χ0v) is 10.7. The molecular formula is C14H20FNO. The maximum atomic E-state index is 13.2. The van der Waals surface area contributed by atoms with E-state index in [1.807, 2.05) is 6.07 Å². The Morgan fingerprint density at radius 2 is 2.29 bits per heavy atom. The molecule has 3 unspecified atom stereocenters. The molecule has 0 aromatic heterocycles. The number of hydrogen-bond acceptors (Lipinski definition) is 2. The van der Waals surface area contributed by atoms with Gasteiger partial charge in [0.25, 0.3) is 0 Å². The van der Waals surface area contributed by atoms with Crippen molar-refractivity contribution < 1.29 is 9.13 Å². The lowest BCUT2D eigenvalue weighted by Gasteiger charge is -2.42. The Morgan fingerprint density at radius 3 is 2.88 bits per heavy atom. The van der Waals surface area contributed by atoms with Crippen molar-refractivity contribution in [2.75, 3.05) is 6.61 Å². The molecule has 3 heteroatoms. The van der Waals surface area contributed by atoms with Crippen molar-refractivity contribution in [2.45, 2.75) is 44.9 Å². The summed E-state index contributed by atoms with van der Waals surface area (Å²) in [5, 5.41) is 3.56. The summed E-state index contributed by atoms with van der Waals surface area (Å²) in [7, 11) is 0. The molecule has 1 aromatic carbocycles. The number of benzene rings is 1. The third kappa shape index (κ3) is 2.67. The lowest BCUT2D eigenvalue weighted by Crippen LogP contribution is -2.56. The summed E-state index contributed by atoms with van der Waals surface area (Å²) in [4.78, 5) is 0. The van der Waals surface area contributed by atoms with E-state index < -0.39 is 0 Å². The molecule has 1 fully saturated rings. The van der Waals surface area contributed by atoms with Gasteiger partial charge in [-0.15, -0.1) is 0 Å². The third-order valence-electron chi connectivity index (χ3n) is 3.57. The first-order chi connectivity index (χ1) is 8.04. The molecule has 2 rings (SSSR count). The predicted molar refractivity (Wildman–Crippen MR) is 66.4 cm³/mol. The van der Waals surface area contributed by atoms with Crippen LogP contribution >= 0.6 is 0 Å². The molecule has 0 saturated carbocycles. The molecule has 0 spiro atoms. The molecule has 1 aromatic rings. The molecule has 17 heavy (non-hydrogen) atoms. The van der Waals surface area contributed by atoms with E-state index in [9.17, 15) is 4.39 Å². The summed E-state index contributed by atoms with van der Waals surface area (Å²) in [6.07, 6.45) is 0.957. The molecular weight excluding hydrogens is 217 g/mol. The largest absolute Gasteiger partial charge is 0.370 e. The second-order valence-electron chi connectivity index (χ2n) is 5.13. The maximum absolute atomic E-state index is 13.2. The van der Waals surface area contributed by atoms with E-state index >= 15 is 0 Å². The van der Waals surface area contributed by atoms with Gasteiger partial charge in [-0.1, -0.05) is 19.1 Å². The van der Waals surface area contributed by atoms with Crippen LogP contribution in [0.5, 0.6) is 0 Å². The first-order valence-corrected chi connectivity index (χ1v) is 6.19. The van der Waals surface area contributed by atoms with Gasteiger partial charge in [-0.3, -0.25) is 0 Å². The topological polar surface area (TPSA) is 21.3 Å². The molecule has 0 radical (unpaired) electrons. The van der Waals surface area contributed by atoms with E-state index in [0.29, 0.717) is 6.61 Å². The molecule has 1 heterocycles. The predicted octanol–water partition coefficient (Wildman–Crippen LogP) is 3.04. The first kappa shape index (κ1) is 12.5. The fraction of sp³-hybridized carbons (Fsp3) is 0.571.